The number of nitrogens with zero attached hydrogens (tertiary/aromatic N) is 1. The van der Waals surface area contributed by atoms with Crippen molar-refractivity contribution in [2.45, 2.75) is 26.7 Å². The topological polar surface area (TPSA) is 39.2 Å². The highest BCUT2D eigenvalue weighted by molar-refractivity contribution is 7.19. The van der Waals surface area contributed by atoms with Crippen LogP contribution in [-0.2, 0) is 4.79 Å². The maximum absolute atomic E-state index is 12.0. The second kappa shape index (κ2) is 6.97. The van der Waals surface area contributed by atoms with E-state index in [1.165, 1.54) is 11.6 Å². The van der Waals surface area contributed by atoms with E-state index >= 15 is 0 Å². The number of benzene rings is 2. The van der Waals surface area contributed by atoms with Crippen molar-refractivity contribution in [2.75, 3.05) is 0 Å². The number of para-hydroxylation sites is 1. The summed E-state index contributed by atoms with van der Waals surface area (Å²) in [6, 6.07) is 13.7. The van der Waals surface area contributed by atoms with E-state index in [2.05, 4.69) is 18.8 Å². The van der Waals surface area contributed by atoms with Gasteiger partial charge < -0.3 is 4.74 Å². The zero-order valence-corrected chi connectivity index (χ0v) is 14.8. The Morgan fingerprint density at radius 3 is 2.71 bits per heavy atom. The third kappa shape index (κ3) is 3.71. The molecule has 0 bridgehead atoms. The summed E-state index contributed by atoms with van der Waals surface area (Å²) in [5.74, 6) is 0.621. The van der Waals surface area contributed by atoms with Gasteiger partial charge in [-0.1, -0.05) is 32.0 Å². The summed E-state index contributed by atoms with van der Waals surface area (Å²) >= 11 is 1.55. The van der Waals surface area contributed by atoms with Crippen LogP contribution in [0.4, 0.5) is 0 Å². The van der Waals surface area contributed by atoms with Gasteiger partial charge >= 0.3 is 5.97 Å². The summed E-state index contributed by atoms with van der Waals surface area (Å²) in [5, 5.41) is 0.791. The van der Waals surface area contributed by atoms with Crippen molar-refractivity contribution in [1.29, 1.82) is 0 Å². The van der Waals surface area contributed by atoms with Crippen LogP contribution in [0.15, 0.2) is 48.5 Å². The molecule has 2 aromatic carbocycles. The van der Waals surface area contributed by atoms with E-state index in [0.717, 1.165) is 20.8 Å². The first-order chi connectivity index (χ1) is 11.5. The van der Waals surface area contributed by atoms with E-state index in [4.69, 9.17) is 4.74 Å². The largest absolute Gasteiger partial charge is 0.423 e. The van der Waals surface area contributed by atoms with Crippen LogP contribution in [0, 0.1) is 6.92 Å². The van der Waals surface area contributed by atoms with E-state index in [-0.39, 0.29) is 0 Å². The average Bonchev–Trinajstić information content (AvgIpc) is 2.95. The minimum absolute atomic E-state index is 0.397. The number of hydrogen-bond acceptors (Lipinski definition) is 4. The quantitative estimate of drug-likeness (QED) is 0.366. The number of ether oxygens (including phenoxy) is 1. The molecule has 0 amide bonds. The molecule has 4 heteroatoms. The molecule has 0 saturated carbocycles. The predicted octanol–water partition coefficient (Wildman–Crippen LogP) is 5.35. The number of carbonyl (C=O) groups is 1. The molecule has 0 saturated heterocycles. The van der Waals surface area contributed by atoms with Crippen molar-refractivity contribution in [2.24, 2.45) is 0 Å². The smallest absolute Gasteiger partial charge is 0.336 e. The summed E-state index contributed by atoms with van der Waals surface area (Å²) in [6.45, 7) is 6.33. The fourth-order valence-electron chi connectivity index (χ4n) is 2.61. The van der Waals surface area contributed by atoms with Gasteiger partial charge in [0.1, 0.15) is 10.8 Å². The highest BCUT2D eigenvalue weighted by atomic mass is 32.1. The van der Waals surface area contributed by atoms with Crippen LogP contribution in [0.2, 0.25) is 0 Å². The number of rotatable bonds is 4. The van der Waals surface area contributed by atoms with Crippen LogP contribution in [0.25, 0.3) is 16.3 Å². The molecule has 0 radical (unpaired) electrons. The fraction of sp³-hybridized carbons (Fsp3) is 0.200. The van der Waals surface area contributed by atoms with Crippen molar-refractivity contribution in [3.8, 4) is 5.75 Å². The van der Waals surface area contributed by atoms with Gasteiger partial charge in [-0.05, 0) is 54.3 Å². The first-order valence-corrected chi connectivity index (χ1v) is 8.70. The van der Waals surface area contributed by atoms with E-state index in [0.29, 0.717) is 11.7 Å². The van der Waals surface area contributed by atoms with Crippen LogP contribution in [0.5, 0.6) is 5.75 Å². The summed E-state index contributed by atoms with van der Waals surface area (Å²) in [4.78, 5) is 16.5. The van der Waals surface area contributed by atoms with E-state index in [1.54, 1.807) is 17.4 Å². The second-order valence-corrected chi connectivity index (χ2v) is 7.01. The average molecular weight is 337 g/mol. The molecule has 0 aliphatic rings. The molecule has 3 aromatic rings. The standard InChI is InChI=1S/C20H19NO2S/c1-13(2)16-9-8-15(12-14(16)3)23-20(22)11-10-19-21-17-6-4-5-7-18(17)24-19/h4-13H,1-3H3/b11-10+. The Morgan fingerprint density at radius 1 is 1.21 bits per heavy atom. The monoisotopic (exact) mass is 337 g/mol. The lowest BCUT2D eigenvalue weighted by Crippen LogP contribution is -2.04. The molecular weight excluding hydrogens is 318 g/mol. The third-order valence-corrected chi connectivity index (χ3v) is 4.76. The Kier molecular flexibility index (Phi) is 4.76. The summed E-state index contributed by atoms with van der Waals surface area (Å²) < 4.78 is 6.48. The molecule has 0 N–H and O–H groups in total. The number of hydrogen-bond donors (Lipinski definition) is 0. The predicted molar refractivity (Wildman–Crippen MR) is 99.6 cm³/mol. The number of fused-ring (bicyclic) bond motifs is 1. The lowest BCUT2D eigenvalue weighted by molar-refractivity contribution is -0.128. The number of esters is 1. The van der Waals surface area contributed by atoms with E-state index < -0.39 is 5.97 Å². The van der Waals surface area contributed by atoms with Gasteiger partial charge in [0.2, 0.25) is 0 Å². The van der Waals surface area contributed by atoms with Crippen molar-refractivity contribution in [3.05, 3.63) is 64.7 Å². The van der Waals surface area contributed by atoms with Gasteiger partial charge in [0, 0.05) is 6.08 Å². The van der Waals surface area contributed by atoms with Gasteiger partial charge in [-0.2, -0.15) is 0 Å². The van der Waals surface area contributed by atoms with E-state index in [1.807, 2.05) is 49.4 Å². The first-order valence-electron chi connectivity index (χ1n) is 7.89. The van der Waals surface area contributed by atoms with Crippen LogP contribution in [0.3, 0.4) is 0 Å². The number of aromatic nitrogens is 1. The molecule has 0 spiro atoms. The summed E-state index contributed by atoms with van der Waals surface area (Å²) in [6.07, 6.45) is 3.12. The van der Waals surface area contributed by atoms with E-state index in [9.17, 15) is 4.79 Å². The minimum atomic E-state index is -0.397. The van der Waals surface area contributed by atoms with Crippen LogP contribution in [-0.4, -0.2) is 11.0 Å². The molecule has 24 heavy (non-hydrogen) atoms. The van der Waals surface area contributed by atoms with Crippen molar-refractivity contribution in [1.82, 2.24) is 4.98 Å². The molecule has 0 atom stereocenters. The molecule has 0 aliphatic heterocycles. The normalized spacial score (nSPS) is 11.5. The molecule has 0 fully saturated rings. The Bertz CT molecular complexity index is 876. The van der Waals surface area contributed by atoms with Gasteiger partial charge in [-0.15, -0.1) is 11.3 Å². The number of thiazole rings is 1. The maximum atomic E-state index is 12.0. The summed E-state index contributed by atoms with van der Waals surface area (Å²) in [7, 11) is 0. The number of carbonyl (C=O) groups excluding carboxylic acids is 1. The molecule has 3 rings (SSSR count). The van der Waals surface area contributed by atoms with Crippen molar-refractivity contribution >= 4 is 33.6 Å². The van der Waals surface area contributed by atoms with Gasteiger partial charge in [0.15, 0.2) is 0 Å². The zero-order valence-electron chi connectivity index (χ0n) is 13.9. The molecule has 0 aliphatic carbocycles. The van der Waals surface area contributed by atoms with Gasteiger partial charge in [-0.3, -0.25) is 0 Å². The number of aryl methyl sites for hydroxylation is 1. The second-order valence-electron chi connectivity index (χ2n) is 5.95. The first kappa shape index (κ1) is 16.4. The lowest BCUT2D eigenvalue weighted by atomic mass is 9.98. The van der Waals surface area contributed by atoms with Crippen molar-refractivity contribution < 1.29 is 9.53 Å². The molecule has 1 aromatic heterocycles. The Labute approximate surface area is 145 Å². The fourth-order valence-corrected chi connectivity index (χ4v) is 3.48. The van der Waals surface area contributed by atoms with Crippen LogP contribution >= 0.6 is 11.3 Å². The molecule has 1 heterocycles. The maximum Gasteiger partial charge on any atom is 0.336 e. The van der Waals surface area contributed by atoms with Gasteiger partial charge in [0.05, 0.1) is 10.2 Å². The summed E-state index contributed by atoms with van der Waals surface area (Å²) in [5.41, 5.74) is 3.33. The lowest BCUT2D eigenvalue weighted by Gasteiger charge is -2.10. The minimum Gasteiger partial charge on any atom is -0.423 e. The zero-order chi connectivity index (χ0) is 17.1. The molecule has 122 valence electrons. The van der Waals surface area contributed by atoms with Crippen molar-refractivity contribution in [3.63, 3.8) is 0 Å². The molecule has 0 unspecified atom stereocenters. The highest BCUT2D eigenvalue weighted by Crippen LogP contribution is 2.24. The van der Waals surface area contributed by atoms with Gasteiger partial charge in [0.25, 0.3) is 0 Å². The third-order valence-electron chi connectivity index (χ3n) is 3.75. The van der Waals surface area contributed by atoms with Gasteiger partial charge in [-0.25, -0.2) is 9.78 Å². The Hall–Kier alpha value is -2.46. The Morgan fingerprint density at radius 2 is 2.00 bits per heavy atom. The molecule has 3 nitrogen and oxygen atoms in total. The van der Waals surface area contributed by atoms with Crippen LogP contribution < -0.4 is 4.74 Å². The SMILES string of the molecule is Cc1cc(OC(=O)/C=C/c2nc3ccccc3s2)ccc1C(C)C. The van der Waals surface area contributed by atoms with Crippen LogP contribution in [0.1, 0.15) is 35.9 Å². The highest BCUT2D eigenvalue weighted by Gasteiger charge is 2.07. The molecular formula is C20H19NO2S. The Balaban J connectivity index is 1.70.